The number of halogens is 2. The Hall–Kier alpha value is -1.22. The molecule has 0 fully saturated rings. The number of nitrogens with zero attached hydrogens (tertiary/aromatic N) is 2. The van der Waals surface area contributed by atoms with Crippen LogP contribution in [-0.2, 0) is 0 Å². The average molecular weight is 448 g/mol. The first-order chi connectivity index (χ1) is 9.60. The van der Waals surface area contributed by atoms with Crippen molar-refractivity contribution in [2.75, 3.05) is 11.9 Å². The summed E-state index contributed by atoms with van der Waals surface area (Å²) in [5.74, 6) is 0.611. The molecule has 5 nitrogen and oxygen atoms in total. The summed E-state index contributed by atoms with van der Waals surface area (Å²) < 4.78 is 6.97. The molecule has 0 aliphatic carbocycles. The van der Waals surface area contributed by atoms with Crippen LogP contribution in [0.3, 0.4) is 0 Å². The molecule has 2 heterocycles. The molecule has 0 spiro atoms. The third-order valence-electron chi connectivity index (χ3n) is 2.29. The van der Waals surface area contributed by atoms with Gasteiger partial charge in [0.2, 0.25) is 5.88 Å². The van der Waals surface area contributed by atoms with Gasteiger partial charge in [-0.3, -0.25) is 4.79 Å². The topological polar surface area (TPSA) is 64.1 Å². The van der Waals surface area contributed by atoms with Crippen molar-refractivity contribution < 1.29 is 9.53 Å². The van der Waals surface area contributed by atoms with E-state index in [4.69, 9.17) is 4.74 Å². The van der Waals surface area contributed by atoms with Crippen LogP contribution >= 0.6 is 38.5 Å². The number of nitrogens with one attached hydrogen (secondary N) is 1. The van der Waals surface area contributed by atoms with Gasteiger partial charge in [-0.05, 0) is 57.6 Å². The third kappa shape index (κ3) is 3.89. The number of hydrogen-bond donors (Lipinski definition) is 1. The predicted octanol–water partition coefficient (Wildman–Crippen LogP) is 3.49. The monoisotopic (exact) mass is 447 g/mol. The second-order valence-electron chi connectivity index (χ2n) is 3.73. The number of hydrogen-bond acceptors (Lipinski definition) is 4. The summed E-state index contributed by atoms with van der Waals surface area (Å²) in [6, 6.07) is 6.94. The van der Waals surface area contributed by atoms with Crippen molar-refractivity contribution in [1.82, 2.24) is 9.97 Å². The van der Waals surface area contributed by atoms with Gasteiger partial charge in [0.1, 0.15) is 11.5 Å². The smallest absolute Gasteiger partial charge is 0.275 e. The Morgan fingerprint density at radius 1 is 1.50 bits per heavy atom. The summed E-state index contributed by atoms with van der Waals surface area (Å²) in [6.07, 6.45) is 1.63. The van der Waals surface area contributed by atoms with Gasteiger partial charge in [-0.25, -0.2) is 9.97 Å². The van der Waals surface area contributed by atoms with E-state index in [1.807, 2.05) is 13.0 Å². The summed E-state index contributed by atoms with van der Waals surface area (Å²) in [5, 5.41) is 2.73. The van der Waals surface area contributed by atoms with Gasteiger partial charge in [-0.2, -0.15) is 0 Å². The van der Waals surface area contributed by atoms with Crippen LogP contribution in [0.2, 0.25) is 0 Å². The number of carbonyl (C=O) groups excluding carboxylic acids is 1. The fourth-order valence-electron chi connectivity index (χ4n) is 1.45. The molecule has 0 aliphatic heterocycles. The van der Waals surface area contributed by atoms with Gasteiger partial charge >= 0.3 is 0 Å². The molecular formula is C13H11BrIN3O2. The molecule has 104 valence electrons. The molecule has 2 rings (SSSR count). The fraction of sp³-hybridized carbons (Fsp3) is 0.154. The molecular weight excluding hydrogens is 437 g/mol. The lowest BCUT2D eigenvalue weighted by Crippen LogP contribution is -2.15. The Kier molecular flexibility index (Phi) is 5.30. The molecule has 2 aromatic rings. The van der Waals surface area contributed by atoms with Crippen molar-refractivity contribution in [3.05, 3.63) is 44.2 Å². The zero-order chi connectivity index (χ0) is 14.5. The SMILES string of the molecule is CCOc1cccc(C(=O)Nc2ncc(Br)cc2I)n1. The van der Waals surface area contributed by atoms with Gasteiger partial charge in [0.25, 0.3) is 5.91 Å². The molecule has 2 aromatic heterocycles. The van der Waals surface area contributed by atoms with Crippen molar-refractivity contribution in [1.29, 1.82) is 0 Å². The average Bonchev–Trinajstić information content (AvgIpc) is 2.42. The molecule has 20 heavy (non-hydrogen) atoms. The second kappa shape index (κ2) is 6.98. The number of anilines is 1. The van der Waals surface area contributed by atoms with E-state index in [1.165, 1.54) is 0 Å². The fourth-order valence-corrected chi connectivity index (χ4v) is 2.82. The molecule has 0 unspecified atom stereocenters. The molecule has 1 amide bonds. The van der Waals surface area contributed by atoms with E-state index in [2.05, 4.69) is 53.8 Å². The van der Waals surface area contributed by atoms with E-state index < -0.39 is 0 Å². The summed E-state index contributed by atoms with van der Waals surface area (Å²) >= 11 is 5.43. The van der Waals surface area contributed by atoms with Gasteiger partial charge in [-0.1, -0.05) is 6.07 Å². The summed E-state index contributed by atoms with van der Waals surface area (Å²) in [6.45, 7) is 2.37. The van der Waals surface area contributed by atoms with E-state index in [-0.39, 0.29) is 11.6 Å². The minimum absolute atomic E-state index is 0.288. The van der Waals surface area contributed by atoms with Gasteiger partial charge in [0.05, 0.1) is 10.2 Å². The van der Waals surface area contributed by atoms with Crippen molar-refractivity contribution in [3.8, 4) is 5.88 Å². The van der Waals surface area contributed by atoms with Crippen LogP contribution in [0.15, 0.2) is 34.9 Å². The predicted molar refractivity (Wildman–Crippen MR) is 88.0 cm³/mol. The Morgan fingerprint density at radius 2 is 2.30 bits per heavy atom. The first kappa shape index (κ1) is 15.2. The maximum absolute atomic E-state index is 12.1. The van der Waals surface area contributed by atoms with Crippen molar-refractivity contribution in [2.24, 2.45) is 0 Å². The number of ether oxygens (including phenoxy) is 1. The maximum atomic E-state index is 12.1. The van der Waals surface area contributed by atoms with E-state index in [0.29, 0.717) is 18.3 Å². The van der Waals surface area contributed by atoms with Gasteiger partial charge in [0.15, 0.2) is 0 Å². The van der Waals surface area contributed by atoms with Crippen LogP contribution in [0.1, 0.15) is 17.4 Å². The maximum Gasteiger partial charge on any atom is 0.275 e. The molecule has 0 aromatic carbocycles. The number of pyridine rings is 2. The second-order valence-corrected chi connectivity index (χ2v) is 5.81. The van der Waals surface area contributed by atoms with Crippen molar-refractivity contribution in [2.45, 2.75) is 6.92 Å². The number of rotatable bonds is 4. The summed E-state index contributed by atoms with van der Waals surface area (Å²) in [4.78, 5) is 20.4. The van der Waals surface area contributed by atoms with Gasteiger partial charge in [-0.15, -0.1) is 0 Å². The number of amides is 1. The van der Waals surface area contributed by atoms with Gasteiger partial charge < -0.3 is 10.1 Å². The quantitative estimate of drug-likeness (QED) is 0.728. The molecule has 1 N–H and O–H groups in total. The molecule has 0 saturated heterocycles. The van der Waals surface area contributed by atoms with Crippen LogP contribution in [0.4, 0.5) is 5.82 Å². The van der Waals surface area contributed by atoms with Crippen LogP contribution in [0.25, 0.3) is 0 Å². The normalized spacial score (nSPS) is 10.2. The zero-order valence-electron chi connectivity index (χ0n) is 10.6. The Bertz CT molecular complexity index is 637. The highest BCUT2D eigenvalue weighted by Crippen LogP contribution is 2.20. The third-order valence-corrected chi connectivity index (χ3v) is 3.54. The van der Waals surface area contributed by atoms with Crippen molar-refractivity contribution >= 4 is 50.2 Å². The highest BCUT2D eigenvalue weighted by Gasteiger charge is 2.11. The minimum atomic E-state index is -0.320. The number of carbonyl (C=O) groups is 1. The van der Waals surface area contributed by atoms with E-state index in [1.54, 1.807) is 24.4 Å². The first-order valence-corrected chi connectivity index (χ1v) is 7.69. The standard InChI is InChI=1S/C13H11BrIN3O2/c1-2-20-11-5-3-4-10(17-11)13(19)18-12-9(15)6-8(14)7-16-12/h3-7H,2H2,1H3,(H,16,18,19). The van der Waals surface area contributed by atoms with E-state index >= 15 is 0 Å². The highest BCUT2D eigenvalue weighted by atomic mass is 127. The first-order valence-electron chi connectivity index (χ1n) is 5.82. The Labute approximate surface area is 138 Å². The van der Waals surface area contributed by atoms with Crippen LogP contribution in [0.5, 0.6) is 5.88 Å². The van der Waals surface area contributed by atoms with Crippen LogP contribution < -0.4 is 10.1 Å². The van der Waals surface area contributed by atoms with E-state index in [9.17, 15) is 4.79 Å². The zero-order valence-corrected chi connectivity index (χ0v) is 14.3. The lowest BCUT2D eigenvalue weighted by molar-refractivity contribution is 0.102. The van der Waals surface area contributed by atoms with Gasteiger partial charge in [0, 0.05) is 16.7 Å². The largest absolute Gasteiger partial charge is 0.478 e. The molecule has 0 saturated carbocycles. The summed E-state index contributed by atoms with van der Waals surface area (Å²) in [7, 11) is 0. The number of aromatic nitrogens is 2. The lowest BCUT2D eigenvalue weighted by Gasteiger charge is -2.07. The van der Waals surface area contributed by atoms with Crippen LogP contribution in [-0.4, -0.2) is 22.5 Å². The Morgan fingerprint density at radius 3 is 3.00 bits per heavy atom. The molecule has 0 atom stereocenters. The molecule has 7 heteroatoms. The Balaban J connectivity index is 2.17. The molecule has 0 bridgehead atoms. The molecule has 0 aliphatic rings. The van der Waals surface area contributed by atoms with E-state index in [0.717, 1.165) is 8.04 Å². The molecule has 0 radical (unpaired) electrons. The summed E-state index contributed by atoms with van der Waals surface area (Å²) in [5.41, 5.74) is 0.288. The lowest BCUT2D eigenvalue weighted by atomic mass is 10.3. The van der Waals surface area contributed by atoms with Crippen molar-refractivity contribution in [3.63, 3.8) is 0 Å². The van der Waals surface area contributed by atoms with Crippen LogP contribution in [0, 0.1) is 3.57 Å². The minimum Gasteiger partial charge on any atom is -0.478 e. The highest BCUT2D eigenvalue weighted by molar-refractivity contribution is 14.1.